The fourth-order valence-corrected chi connectivity index (χ4v) is 8.26. The van der Waals surface area contributed by atoms with Crippen LogP contribution in [0, 0.1) is 0 Å². The average Bonchev–Trinajstić information content (AvgIpc) is 3.68. The lowest BCUT2D eigenvalue weighted by atomic mass is 9.80. The number of fused-ring (bicyclic) bond motifs is 7. The maximum Gasteiger partial charge on any atom is 0.280 e. The third-order valence-corrected chi connectivity index (χ3v) is 10.3. The van der Waals surface area contributed by atoms with E-state index >= 15 is 0 Å². The zero-order valence-electron chi connectivity index (χ0n) is 27.3. The first-order chi connectivity index (χ1) is 22.5. The number of anilines is 2. The van der Waals surface area contributed by atoms with Crippen molar-refractivity contribution in [3.8, 4) is 5.69 Å². The van der Waals surface area contributed by atoms with Crippen molar-refractivity contribution in [2.45, 2.75) is 94.9 Å². The first kappa shape index (κ1) is 30.2. The molecule has 3 fully saturated rings. The molecule has 1 unspecified atom stereocenters. The highest BCUT2D eigenvalue weighted by Gasteiger charge is 2.68. The molecule has 3 saturated heterocycles. The van der Waals surface area contributed by atoms with Crippen LogP contribution in [-0.4, -0.2) is 56.7 Å². The van der Waals surface area contributed by atoms with Gasteiger partial charge in [-0.1, -0.05) is 18.2 Å². The predicted octanol–water partition coefficient (Wildman–Crippen LogP) is 5.25. The monoisotopic (exact) mass is 637 g/mol. The number of benzene rings is 2. The van der Waals surface area contributed by atoms with Gasteiger partial charge in [-0.2, -0.15) is 4.98 Å². The maximum absolute atomic E-state index is 13.4. The minimum Gasteiger partial charge on any atom is -0.363 e. The van der Waals surface area contributed by atoms with E-state index in [4.69, 9.17) is 24.0 Å². The lowest BCUT2D eigenvalue weighted by molar-refractivity contribution is -0.242. The van der Waals surface area contributed by atoms with Crippen LogP contribution >= 0.6 is 0 Å². The second-order valence-electron chi connectivity index (χ2n) is 14.2. The molecule has 47 heavy (non-hydrogen) atoms. The number of hydroxylamine groups is 1. The Morgan fingerprint density at radius 2 is 1.68 bits per heavy atom. The molecule has 4 aromatic rings. The third kappa shape index (κ3) is 5.04. The zero-order valence-corrected chi connectivity index (χ0v) is 27.3. The Morgan fingerprint density at radius 3 is 2.38 bits per heavy atom. The molecule has 244 valence electrons. The molecule has 2 N–H and O–H groups in total. The van der Waals surface area contributed by atoms with Crippen molar-refractivity contribution < 1.29 is 23.8 Å². The number of ether oxygens (including phenoxy) is 3. The highest BCUT2D eigenvalue weighted by atomic mass is 16.8. The minimum absolute atomic E-state index is 0.0607. The Balaban J connectivity index is 1.09. The fourth-order valence-electron chi connectivity index (χ4n) is 8.26. The summed E-state index contributed by atoms with van der Waals surface area (Å²) >= 11 is 0. The molecule has 0 radical (unpaired) electrons. The number of amides is 1. The summed E-state index contributed by atoms with van der Waals surface area (Å²) in [5.41, 5.74) is 6.70. The lowest BCUT2D eigenvalue weighted by Crippen LogP contribution is -2.46. The molecule has 11 heteroatoms. The summed E-state index contributed by atoms with van der Waals surface area (Å²) in [4.78, 5) is 40.2. The number of hydrogen-bond acceptors (Lipinski definition) is 9. The number of hydrogen-bond donors (Lipinski definition) is 2. The second kappa shape index (κ2) is 10.7. The lowest BCUT2D eigenvalue weighted by Gasteiger charge is -2.43. The number of nitrogens with zero attached hydrogens (tertiary/aromatic N) is 3. The van der Waals surface area contributed by atoms with Crippen molar-refractivity contribution in [3.63, 3.8) is 0 Å². The van der Waals surface area contributed by atoms with Gasteiger partial charge in [0.2, 0.25) is 11.4 Å². The van der Waals surface area contributed by atoms with Gasteiger partial charge >= 0.3 is 0 Å². The minimum atomic E-state index is -0.635. The SMILES string of the molecule is CONC(=O)c1cn(-c2ccc3c(c2)CCC3)c2nc(Nc3ccc(C4C[C@@]5(C)O[C@@](C)(C4)[C@H]4OC(C)(C)O[C@H]45)cc3)ncc2c1=O. The van der Waals surface area contributed by atoms with E-state index in [0.29, 0.717) is 11.6 Å². The molecule has 5 heterocycles. The van der Waals surface area contributed by atoms with Crippen LogP contribution in [0.25, 0.3) is 16.7 Å². The van der Waals surface area contributed by atoms with Gasteiger partial charge in [-0.25, -0.2) is 10.5 Å². The van der Waals surface area contributed by atoms with E-state index in [9.17, 15) is 9.59 Å². The quantitative estimate of drug-likeness (QED) is 0.273. The number of carbonyl (C=O) groups excluding carboxylic acids is 1. The van der Waals surface area contributed by atoms with Gasteiger partial charge in [-0.15, -0.1) is 0 Å². The summed E-state index contributed by atoms with van der Waals surface area (Å²) in [6.45, 7) is 8.24. The first-order valence-corrected chi connectivity index (χ1v) is 16.3. The molecule has 5 atom stereocenters. The fraction of sp³-hybridized carbons (Fsp3) is 0.444. The molecule has 1 aliphatic carbocycles. The molecule has 2 bridgehead atoms. The molecular formula is C36H39N5O6. The molecule has 2 aromatic carbocycles. The van der Waals surface area contributed by atoms with Gasteiger partial charge in [0.1, 0.15) is 17.8 Å². The number of nitrogens with one attached hydrogen (secondary N) is 2. The molecule has 1 amide bonds. The van der Waals surface area contributed by atoms with E-state index in [1.807, 2.05) is 32.0 Å². The van der Waals surface area contributed by atoms with Crippen LogP contribution in [0.5, 0.6) is 0 Å². The van der Waals surface area contributed by atoms with Crippen molar-refractivity contribution >= 4 is 28.6 Å². The van der Waals surface area contributed by atoms with Crippen molar-refractivity contribution in [3.05, 3.63) is 87.3 Å². The molecule has 11 nitrogen and oxygen atoms in total. The van der Waals surface area contributed by atoms with Gasteiger partial charge in [-0.3, -0.25) is 14.4 Å². The van der Waals surface area contributed by atoms with E-state index < -0.39 is 28.3 Å². The number of aryl methyl sites for hydroxylation is 2. The van der Waals surface area contributed by atoms with E-state index in [-0.39, 0.29) is 29.1 Å². The molecule has 2 aromatic heterocycles. The van der Waals surface area contributed by atoms with Crippen LogP contribution in [-0.2, 0) is 31.9 Å². The van der Waals surface area contributed by atoms with E-state index in [1.165, 1.54) is 36.2 Å². The van der Waals surface area contributed by atoms with Crippen LogP contribution in [0.4, 0.5) is 11.6 Å². The zero-order chi connectivity index (χ0) is 32.7. The summed E-state index contributed by atoms with van der Waals surface area (Å²) in [6.07, 6.45) is 7.62. The number of pyridine rings is 1. The van der Waals surface area contributed by atoms with Gasteiger partial charge in [0, 0.05) is 23.8 Å². The van der Waals surface area contributed by atoms with Crippen LogP contribution in [0.1, 0.15) is 79.9 Å². The summed E-state index contributed by atoms with van der Waals surface area (Å²) in [6, 6.07) is 14.5. The van der Waals surface area contributed by atoms with Crippen molar-refractivity contribution in [1.29, 1.82) is 0 Å². The van der Waals surface area contributed by atoms with Crippen molar-refractivity contribution in [2.75, 3.05) is 12.4 Å². The highest BCUT2D eigenvalue weighted by Crippen LogP contribution is 2.58. The topological polar surface area (TPSA) is 126 Å². The van der Waals surface area contributed by atoms with Crippen molar-refractivity contribution in [2.24, 2.45) is 0 Å². The van der Waals surface area contributed by atoms with Crippen molar-refractivity contribution in [1.82, 2.24) is 20.0 Å². The van der Waals surface area contributed by atoms with Crippen LogP contribution < -0.4 is 16.2 Å². The Morgan fingerprint density at radius 1 is 0.979 bits per heavy atom. The van der Waals surface area contributed by atoms with Gasteiger partial charge < -0.3 is 24.1 Å². The van der Waals surface area contributed by atoms with Crippen LogP contribution in [0.3, 0.4) is 0 Å². The number of carbonyl (C=O) groups is 1. The van der Waals surface area contributed by atoms with Crippen LogP contribution in [0.15, 0.2) is 59.7 Å². The van der Waals surface area contributed by atoms with Gasteiger partial charge in [-0.05, 0) is 107 Å². The second-order valence-corrected chi connectivity index (χ2v) is 14.2. The highest BCUT2D eigenvalue weighted by molar-refractivity contribution is 5.96. The molecule has 3 aliphatic heterocycles. The standard InChI is InChI=1S/C36H39N5O6/c1-34(2)45-29-30(46-34)36(4)17-23(16-35(29,3)47-36)21-9-12-24(13-10-21)38-33-37-18-26-28(42)27(32(43)40-44-5)19-41(31(26)39-33)25-14-11-20-7-6-8-22(20)15-25/h9-15,18-19,23,29-30H,6-8,16-17H2,1-5H3,(H,40,43)(H,37,38,39)/t23?,29-,30+,35-,36+. The smallest absolute Gasteiger partial charge is 0.280 e. The summed E-state index contributed by atoms with van der Waals surface area (Å²) in [5, 5.41) is 3.54. The Kier molecular flexibility index (Phi) is 6.86. The maximum atomic E-state index is 13.4. The van der Waals surface area contributed by atoms with Gasteiger partial charge in [0.15, 0.2) is 11.4 Å². The average molecular weight is 638 g/mol. The molecular weight excluding hydrogens is 598 g/mol. The largest absolute Gasteiger partial charge is 0.363 e. The molecule has 4 aliphatic rings. The molecule has 0 spiro atoms. The van der Waals surface area contributed by atoms with E-state index in [0.717, 1.165) is 43.5 Å². The molecule has 0 saturated carbocycles. The third-order valence-electron chi connectivity index (χ3n) is 10.3. The number of rotatable bonds is 6. The summed E-state index contributed by atoms with van der Waals surface area (Å²) < 4.78 is 21.0. The normalized spacial score (nSPS) is 28.7. The van der Waals surface area contributed by atoms with E-state index in [1.54, 1.807) is 4.57 Å². The Bertz CT molecular complexity index is 1950. The Labute approximate surface area is 272 Å². The summed E-state index contributed by atoms with van der Waals surface area (Å²) in [5.74, 6) is -0.618. The van der Waals surface area contributed by atoms with Crippen LogP contribution in [0.2, 0.25) is 0 Å². The number of aromatic nitrogens is 3. The Hall–Kier alpha value is -4.16. The first-order valence-electron chi connectivity index (χ1n) is 16.3. The predicted molar refractivity (Wildman–Crippen MR) is 175 cm³/mol. The summed E-state index contributed by atoms with van der Waals surface area (Å²) in [7, 11) is 1.33. The van der Waals surface area contributed by atoms with Gasteiger partial charge in [0.25, 0.3) is 5.91 Å². The molecule has 8 rings (SSSR count). The van der Waals surface area contributed by atoms with E-state index in [2.05, 4.69) is 53.9 Å². The van der Waals surface area contributed by atoms with Gasteiger partial charge in [0.05, 0.1) is 23.7 Å².